The summed E-state index contributed by atoms with van der Waals surface area (Å²) >= 11 is 0. The van der Waals surface area contributed by atoms with Crippen LogP contribution < -0.4 is 4.57 Å². The summed E-state index contributed by atoms with van der Waals surface area (Å²) in [6, 6.07) is 16.6. The van der Waals surface area contributed by atoms with Gasteiger partial charge in [0.2, 0.25) is 5.89 Å². The van der Waals surface area contributed by atoms with Crippen molar-refractivity contribution in [2.75, 3.05) is 0 Å². The second kappa shape index (κ2) is 5.89. The Morgan fingerprint density at radius 1 is 1.08 bits per heavy atom. The second-order valence-electron chi connectivity index (χ2n) is 5.85. The first-order valence-electron chi connectivity index (χ1n) is 7.79. The van der Waals surface area contributed by atoms with Gasteiger partial charge >= 0.3 is 0 Å². The summed E-state index contributed by atoms with van der Waals surface area (Å²) in [7, 11) is 0. The van der Waals surface area contributed by atoms with Crippen molar-refractivity contribution in [3.63, 3.8) is 0 Å². The molecule has 3 nitrogen and oxygen atoms in total. The Morgan fingerprint density at radius 2 is 1.96 bits per heavy atom. The molecule has 4 heteroatoms. The third-order valence-corrected chi connectivity index (χ3v) is 3.96. The highest BCUT2D eigenvalue weighted by atomic mass is 19.1. The number of rotatable bonds is 3. The number of aromatic nitrogens is 2. The lowest BCUT2D eigenvalue weighted by Crippen LogP contribution is -2.33. The lowest BCUT2D eigenvalue weighted by atomic mass is 10.2. The molecule has 0 aliphatic heterocycles. The van der Waals surface area contributed by atoms with Crippen molar-refractivity contribution in [2.24, 2.45) is 0 Å². The van der Waals surface area contributed by atoms with Gasteiger partial charge in [0.1, 0.15) is 16.9 Å². The number of hydrogen-bond acceptors (Lipinski definition) is 2. The largest absolute Gasteiger partial charge is 0.436 e. The van der Waals surface area contributed by atoms with Crippen LogP contribution in [0, 0.1) is 12.7 Å². The van der Waals surface area contributed by atoms with Gasteiger partial charge in [0, 0.05) is 6.07 Å². The summed E-state index contributed by atoms with van der Waals surface area (Å²) in [5.74, 6) is 0.367. The Labute approximate surface area is 139 Å². The van der Waals surface area contributed by atoms with Crippen LogP contribution in [0.4, 0.5) is 4.39 Å². The van der Waals surface area contributed by atoms with Crippen LogP contribution in [0.25, 0.3) is 22.6 Å². The topological polar surface area (TPSA) is 29.9 Å². The molecule has 118 valence electrons. The Balaban J connectivity index is 1.70. The van der Waals surface area contributed by atoms with Crippen molar-refractivity contribution >= 4 is 11.1 Å². The standard InChI is InChI=1S/C20H16FN2O/c1-14-8-9-19-18(11-14)22-20(24-19)16-6-4-10-23(13-16)12-15-5-2-3-7-17(15)21/h2-11,13H,12H2,1H3/q+1. The van der Waals surface area contributed by atoms with Gasteiger partial charge in [-0.15, -0.1) is 0 Å². The van der Waals surface area contributed by atoms with Gasteiger partial charge in [-0.1, -0.05) is 18.2 Å². The molecular formula is C20H16FN2O+. The molecule has 4 aromatic rings. The third kappa shape index (κ3) is 2.78. The number of halogens is 1. The minimum Gasteiger partial charge on any atom is -0.436 e. The van der Waals surface area contributed by atoms with E-state index in [1.165, 1.54) is 6.07 Å². The van der Waals surface area contributed by atoms with Crippen LogP contribution in [-0.2, 0) is 6.54 Å². The van der Waals surface area contributed by atoms with Gasteiger partial charge in [0.15, 0.2) is 24.5 Å². The normalized spacial score (nSPS) is 11.1. The maximum atomic E-state index is 13.8. The predicted octanol–water partition coefficient (Wildman–Crippen LogP) is 4.28. The van der Waals surface area contributed by atoms with Crippen LogP contribution in [0.2, 0.25) is 0 Å². The zero-order valence-electron chi connectivity index (χ0n) is 13.2. The molecule has 2 aromatic carbocycles. The lowest BCUT2D eigenvalue weighted by molar-refractivity contribution is -0.688. The Hall–Kier alpha value is -3.01. The second-order valence-corrected chi connectivity index (χ2v) is 5.85. The van der Waals surface area contributed by atoms with Gasteiger partial charge in [-0.05, 0) is 42.8 Å². The minimum atomic E-state index is -0.201. The molecule has 0 spiro atoms. The number of hydrogen-bond donors (Lipinski definition) is 0. The van der Waals surface area contributed by atoms with Crippen molar-refractivity contribution in [1.29, 1.82) is 0 Å². The summed E-state index contributed by atoms with van der Waals surface area (Å²) in [5.41, 5.74) is 4.26. The molecule has 0 amide bonds. The van der Waals surface area contributed by atoms with E-state index in [4.69, 9.17) is 4.42 Å². The van der Waals surface area contributed by atoms with E-state index in [1.807, 2.05) is 60.3 Å². The van der Waals surface area contributed by atoms with Crippen LogP contribution in [-0.4, -0.2) is 4.98 Å². The molecule has 0 atom stereocenters. The monoisotopic (exact) mass is 319 g/mol. The highest BCUT2D eigenvalue weighted by Crippen LogP contribution is 2.23. The quantitative estimate of drug-likeness (QED) is 0.528. The summed E-state index contributed by atoms with van der Waals surface area (Å²) in [6.07, 6.45) is 3.83. The maximum Gasteiger partial charge on any atom is 0.233 e. The summed E-state index contributed by atoms with van der Waals surface area (Å²) in [5, 5.41) is 0. The molecule has 0 unspecified atom stereocenters. The van der Waals surface area contributed by atoms with Crippen molar-refractivity contribution < 1.29 is 13.4 Å². The zero-order chi connectivity index (χ0) is 16.5. The van der Waals surface area contributed by atoms with E-state index in [2.05, 4.69) is 4.98 Å². The third-order valence-electron chi connectivity index (χ3n) is 3.96. The van der Waals surface area contributed by atoms with E-state index in [0.717, 1.165) is 22.2 Å². The molecule has 0 radical (unpaired) electrons. The number of fused-ring (bicyclic) bond motifs is 1. The van der Waals surface area contributed by atoms with E-state index in [0.29, 0.717) is 18.0 Å². The number of oxazole rings is 1. The van der Waals surface area contributed by atoms with Gasteiger partial charge in [-0.2, -0.15) is 4.57 Å². The van der Waals surface area contributed by atoms with Crippen LogP contribution in [0.1, 0.15) is 11.1 Å². The minimum absolute atomic E-state index is 0.201. The summed E-state index contributed by atoms with van der Waals surface area (Å²) < 4.78 is 21.6. The van der Waals surface area contributed by atoms with E-state index in [9.17, 15) is 4.39 Å². The van der Waals surface area contributed by atoms with Crippen LogP contribution in [0.3, 0.4) is 0 Å². The van der Waals surface area contributed by atoms with Gasteiger partial charge in [-0.3, -0.25) is 0 Å². The highest BCUT2D eigenvalue weighted by Gasteiger charge is 2.13. The molecule has 2 heterocycles. The molecule has 0 fully saturated rings. The van der Waals surface area contributed by atoms with Crippen molar-refractivity contribution in [3.05, 3.63) is 83.9 Å². The highest BCUT2D eigenvalue weighted by molar-refractivity contribution is 5.76. The van der Waals surface area contributed by atoms with Crippen molar-refractivity contribution in [2.45, 2.75) is 13.5 Å². The summed E-state index contributed by atoms with van der Waals surface area (Å²) in [4.78, 5) is 4.56. The molecule has 0 saturated heterocycles. The van der Waals surface area contributed by atoms with Gasteiger partial charge in [0.25, 0.3) is 0 Å². The Bertz CT molecular complexity index is 1020. The first kappa shape index (κ1) is 14.6. The molecule has 2 aromatic heterocycles. The molecule has 0 bridgehead atoms. The molecule has 24 heavy (non-hydrogen) atoms. The number of nitrogens with zero attached hydrogens (tertiary/aromatic N) is 2. The summed E-state index contributed by atoms with van der Waals surface area (Å²) in [6.45, 7) is 2.48. The smallest absolute Gasteiger partial charge is 0.233 e. The number of aryl methyl sites for hydroxylation is 1. The van der Waals surface area contributed by atoms with E-state index in [-0.39, 0.29) is 5.82 Å². The van der Waals surface area contributed by atoms with Crippen molar-refractivity contribution in [3.8, 4) is 11.5 Å². The van der Waals surface area contributed by atoms with Gasteiger partial charge in [0.05, 0.1) is 5.56 Å². The van der Waals surface area contributed by atoms with Crippen LogP contribution in [0.15, 0.2) is 71.4 Å². The van der Waals surface area contributed by atoms with Crippen LogP contribution in [0.5, 0.6) is 0 Å². The Morgan fingerprint density at radius 3 is 2.83 bits per heavy atom. The predicted molar refractivity (Wildman–Crippen MR) is 89.9 cm³/mol. The zero-order valence-corrected chi connectivity index (χ0v) is 13.2. The fourth-order valence-corrected chi connectivity index (χ4v) is 2.73. The molecule has 0 aliphatic carbocycles. The van der Waals surface area contributed by atoms with E-state index < -0.39 is 0 Å². The molecule has 0 aliphatic rings. The van der Waals surface area contributed by atoms with E-state index >= 15 is 0 Å². The van der Waals surface area contributed by atoms with E-state index in [1.54, 1.807) is 12.1 Å². The molecule has 4 rings (SSSR count). The van der Waals surface area contributed by atoms with Crippen LogP contribution >= 0.6 is 0 Å². The maximum absolute atomic E-state index is 13.8. The molecule has 0 N–H and O–H groups in total. The average molecular weight is 319 g/mol. The number of benzene rings is 2. The first-order valence-corrected chi connectivity index (χ1v) is 7.79. The lowest BCUT2D eigenvalue weighted by Gasteiger charge is -2.00. The SMILES string of the molecule is Cc1ccc2oc(-c3ccc[n+](Cc4ccccc4F)c3)nc2c1. The number of pyridine rings is 1. The molecular weight excluding hydrogens is 303 g/mol. The fourth-order valence-electron chi connectivity index (χ4n) is 2.73. The molecule has 0 saturated carbocycles. The fraction of sp³-hybridized carbons (Fsp3) is 0.100. The Kier molecular flexibility index (Phi) is 3.58. The first-order chi connectivity index (χ1) is 11.7. The van der Waals surface area contributed by atoms with Crippen molar-refractivity contribution in [1.82, 2.24) is 4.98 Å². The van der Waals surface area contributed by atoms with Gasteiger partial charge < -0.3 is 4.42 Å². The average Bonchev–Trinajstić information content (AvgIpc) is 3.00. The van der Waals surface area contributed by atoms with Gasteiger partial charge in [-0.25, -0.2) is 9.37 Å².